The summed E-state index contributed by atoms with van der Waals surface area (Å²) in [6.45, 7) is 3.27. The second kappa shape index (κ2) is 7.53. The van der Waals surface area contributed by atoms with Gasteiger partial charge in [-0.25, -0.2) is 0 Å². The lowest BCUT2D eigenvalue weighted by atomic mass is 9.90. The molecule has 0 bridgehead atoms. The molecule has 0 radical (unpaired) electrons. The van der Waals surface area contributed by atoms with Crippen molar-refractivity contribution < 1.29 is 9.90 Å². The number of amides is 1. The number of aromatic amines is 1. The predicted molar refractivity (Wildman–Crippen MR) is 103 cm³/mol. The molecule has 0 saturated carbocycles. The van der Waals surface area contributed by atoms with Crippen molar-refractivity contribution in [2.24, 2.45) is 0 Å². The summed E-state index contributed by atoms with van der Waals surface area (Å²) in [7, 11) is 0. The van der Waals surface area contributed by atoms with Gasteiger partial charge < -0.3 is 10.0 Å². The molecule has 26 heavy (non-hydrogen) atoms. The molecule has 2 aliphatic rings. The summed E-state index contributed by atoms with van der Waals surface area (Å²) in [4.78, 5) is 15.8. The van der Waals surface area contributed by atoms with Gasteiger partial charge in [0.25, 0.3) is 0 Å². The van der Waals surface area contributed by atoms with Gasteiger partial charge in [-0.3, -0.25) is 9.89 Å². The van der Waals surface area contributed by atoms with Crippen molar-refractivity contribution >= 4 is 17.2 Å². The number of aliphatic hydroxyl groups excluding tert-OH is 1. The number of fused-ring (bicyclic) bond motifs is 1. The van der Waals surface area contributed by atoms with Crippen LogP contribution in [0.25, 0.3) is 0 Å². The molecule has 0 unspecified atom stereocenters. The summed E-state index contributed by atoms with van der Waals surface area (Å²) in [6.07, 6.45) is 6.16. The van der Waals surface area contributed by atoms with Crippen molar-refractivity contribution in [1.29, 1.82) is 0 Å². The molecule has 0 spiro atoms. The van der Waals surface area contributed by atoms with Crippen LogP contribution in [0.5, 0.6) is 0 Å². The maximum absolute atomic E-state index is 12.6. The van der Waals surface area contributed by atoms with Crippen LogP contribution < -0.4 is 0 Å². The zero-order valence-electron chi connectivity index (χ0n) is 15.3. The Morgan fingerprint density at radius 2 is 2.27 bits per heavy atom. The summed E-state index contributed by atoms with van der Waals surface area (Å²) in [6, 6.07) is 2.11. The van der Waals surface area contributed by atoms with Gasteiger partial charge in [0, 0.05) is 42.4 Å². The van der Waals surface area contributed by atoms with Crippen LogP contribution in [0.4, 0.5) is 0 Å². The van der Waals surface area contributed by atoms with Crippen molar-refractivity contribution in [1.82, 2.24) is 15.1 Å². The van der Waals surface area contributed by atoms with Crippen molar-refractivity contribution in [2.45, 2.75) is 63.9 Å². The van der Waals surface area contributed by atoms with Crippen molar-refractivity contribution in [3.8, 4) is 0 Å². The molecule has 4 rings (SSSR count). The molecular weight excluding hydrogens is 346 g/mol. The lowest BCUT2D eigenvalue weighted by molar-refractivity contribution is -0.134. The van der Waals surface area contributed by atoms with Crippen LogP contribution >= 0.6 is 11.3 Å². The Morgan fingerprint density at radius 3 is 3.04 bits per heavy atom. The monoisotopic (exact) mass is 373 g/mol. The quantitative estimate of drug-likeness (QED) is 0.866. The number of aliphatic hydroxyl groups is 1. The number of aromatic nitrogens is 2. The Kier molecular flexibility index (Phi) is 5.14. The van der Waals surface area contributed by atoms with E-state index < -0.39 is 6.10 Å². The zero-order chi connectivity index (χ0) is 18.1. The second-order valence-corrected chi connectivity index (χ2v) is 8.55. The van der Waals surface area contributed by atoms with Gasteiger partial charge in [-0.05, 0) is 61.6 Å². The van der Waals surface area contributed by atoms with E-state index in [9.17, 15) is 9.90 Å². The average Bonchev–Trinajstić information content (AvgIpc) is 3.26. The number of aryl methyl sites for hydroxylation is 3. The summed E-state index contributed by atoms with van der Waals surface area (Å²) in [5.41, 5.74) is 4.93. The number of likely N-dealkylation sites (tertiary alicyclic amines) is 1. The molecule has 2 aromatic rings. The van der Waals surface area contributed by atoms with Gasteiger partial charge in [0.1, 0.15) is 0 Å². The third-order valence-electron chi connectivity index (χ3n) is 5.89. The molecule has 0 aromatic carbocycles. The fraction of sp³-hybridized carbons (Fsp3) is 0.600. The number of nitrogens with one attached hydrogen (secondary N) is 1. The van der Waals surface area contributed by atoms with Crippen LogP contribution in [-0.4, -0.2) is 45.3 Å². The number of rotatable bonds is 4. The Bertz CT molecular complexity index is 782. The first kappa shape index (κ1) is 17.7. The van der Waals surface area contributed by atoms with Crippen LogP contribution in [0.15, 0.2) is 11.4 Å². The molecule has 2 N–H and O–H groups in total. The van der Waals surface area contributed by atoms with E-state index in [1.807, 2.05) is 4.90 Å². The molecular formula is C20H27N3O2S. The fourth-order valence-electron chi connectivity index (χ4n) is 4.37. The SMILES string of the molecule is Cc1ccsc1[C@@H]1CCN(C(=O)CCc2n[nH]c3c2CCCC3)C[C@H]1O. The Balaban J connectivity index is 1.33. The summed E-state index contributed by atoms with van der Waals surface area (Å²) >= 11 is 1.72. The molecule has 1 fully saturated rings. The molecule has 1 aliphatic heterocycles. The minimum Gasteiger partial charge on any atom is -0.391 e. The number of piperidine rings is 1. The second-order valence-electron chi connectivity index (χ2n) is 7.60. The number of hydrogen-bond donors (Lipinski definition) is 2. The zero-order valence-corrected chi connectivity index (χ0v) is 16.1. The van der Waals surface area contributed by atoms with Crippen molar-refractivity contribution in [2.75, 3.05) is 13.1 Å². The summed E-state index contributed by atoms with van der Waals surface area (Å²) in [5.74, 6) is 0.301. The van der Waals surface area contributed by atoms with Gasteiger partial charge in [0.05, 0.1) is 11.8 Å². The van der Waals surface area contributed by atoms with Gasteiger partial charge in [0.2, 0.25) is 5.91 Å². The molecule has 1 saturated heterocycles. The Labute approximate surface area is 158 Å². The maximum atomic E-state index is 12.6. The van der Waals surface area contributed by atoms with E-state index >= 15 is 0 Å². The largest absolute Gasteiger partial charge is 0.391 e. The van der Waals surface area contributed by atoms with Crippen LogP contribution in [0.1, 0.15) is 59.0 Å². The van der Waals surface area contributed by atoms with Gasteiger partial charge in [0.15, 0.2) is 0 Å². The first-order valence-electron chi connectivity index (χ1n) is 9.68. The van der Waals surface area contributed by atoms with Crippen LogP contribution in [0.2, 0.25) is 0 Å². The number of carbonyl (C=O) groups excluding carboxylic acids is 1. The smallest absolute Gasteiger partial charge is 0.223 e. The molecule has 2 aromatic heterocycles. The van der Waals surface area contributed by atoms with E-state index in [4.69, 9.17) is 0 Å². The van der Waals surface area contributed by atoms with Gasteiger partial charge in [-0.1, -0.05) is 0 Å². The highest BCUT2D eigenvalue weighted by Crippen LogP contribution is 2.34. The van der Waals surface area contributed by atoms with Crippen LogP contribution in [0.3, 0.4) is 0 Å². The number of β-amino-alcohol motifs (C(OH)–C–C–N with tert-alkyl or cyclic N) is 1. The fourth-order valence-corrected chi connectivity index (χ4v) is 5.49. The van der Waals surface area contributed by atoms with Gasteiger partial charge >= 0.3 is 0 Å². The highest BCUT2D eigenvalue weighted by Gasteiger charge is 2.32. The summed E-state index contributed by atoms with van der Waals surface area (Å²) < 4.78 is 0. The van der Waals surface area contributed by atoms with E-state index in [0.29, 0.717) is 19.4 Å². The number of carbonyl (C=O) groups is 1. The Hall–Kier alpha value is -1.66. The topological polar surface area (TPSA) is 69.2 Å². The van der Waals surface area contributed by atoms with Crippen molar-refractivity contribution in [3.63, 3.8) is 0 Å². The van der Waals surface area contributed by atoms with E-state index in [1.54, 1.807) is 11.3 Å². The third-order valence-corrected chi connectivity index (χ3v) is 7.04. The van der Waals surface area contributed by atoms with Gasteiger partial charge in [-0.15, -0.1) is 11.3 Å². The highest BCUT2D eigenvalue weighted by atomic mass is 32.1. The van der Waals surface area contributed by atoms with E-state index in [-0.39, 0.29) is 11.8 Å². The molecule has 6 heteroatoms. The molecule has 140 valence electrons. The minimum absolute atomic E-state index is 0.137. The lowest BCUT2D eigenvalue weighted by Crippen LogP contribution is -2.45. The predicted octanol–water partition coefficient (Wildman–Crippen LogP) is 2.97. The number of thiophene rings is 1. The lowest BCUT2D eigenvalue weighted by Gasteiger charge is -2.36. The van der Waals surface area contributed by atoms with Crippen molar-refractivity contribution in [3.05, 3.63) is 38.8 Å². The molecule has 2 atom stereocenters. The van der Waals surface area contributed by atoms with Crippen LogP contribution in [0, 0.1) is 6.92 Å². The van der Waals surface area contributed by atoms with E-state index in [0.717, 1.165) is 31.5 Å². The van der Waals surface area contributed by atoms with Crippen LogP contribution in [-0.2, 0) is 24.1 Å². The first-order chi connectivity index (χ1) is 12.6. The van der Waals surface area contributed by atoms with Gasteiger partial charge in [-0.2, -0.15) is 5.10 Å². The molecule has 5 nitrogen and oxygen atoms in total. The van der Waals surface area contributed by atoms with E-state index in [2.05, 4.69) is 28.6 Å². The highest BCUT2D eigenvalue weighted by molar-refractivity contribution is 7.10. The first-order valence-corrected chi connectivity index (χ1v) is 10.6. The van der Waals surface area contributed by atoms with E-state index in [1.165, 1.54) is 34.5 Å². The molecule has 1 amide bonds. The normalized spacial score (nSPS) is 23.1. The molecule has 1 aliphatic carbocycles. The third kappa shape index (κ3) is 3.45. The minimum atomic E-state index is -0.469. The molecule has 3 heterocycles. The summed E-state index contributed by atoms with van der Waals surface area (Å²) in [5, 5.41) is 20.3. The Morgan fingerprint density at radius 1 is 1.42 bits per heavy atom. The number of nitrogens with zero attached hydrogens (tertiary/aromatic N) is 2. The number of H-pyrrole nitrogens is 1. The average molecular weight is 374 g/mol. The standard InChI is InChI=1S/C20H27N3O2S/c1-13-9-11-26-20(13)15-8-10-23(12-18(15)24)19(25)7-6-17-14-4-2-3-5-16(14)21-22-17/h9,11,15,18,24H,2-8,10,12H2,1H3,(H,21,22)/t15-,18-/m1/s1. The number of hydrogen-bond acceptors (Lipinski definition) is 4. The maximum Gasteiger partial charge on any atom is 0.223 e.